The van der Waals surface area contributed by atoms with E-state index in [0.29, 0.717) is 30.3 Å². The molecule has 0 radical (unpaired) electrons. The molecule has 0 saturated carbocycles. The fourth-order valence-corrected chi connectivity index (χ4v) is 2.53. The molecule has 0 bridgehead atoms. The maximum Gasteiger partial charge on any atom is 0.167 e. The summed E-state index contributed by atoms with van der Waals surface area (Å²) in [5.41, 5.74) is 0.566. The van der Waals surface area contributed by atoms with Gasteiger partial charge >= 0.3 is 0 Å². The SMILES string of the molecule is CCCCOc1cc2ccccc2c(OCCCC)c1C(C)=O. The Morgan fingerprint density at radius 3 is 2.30 bits per heavy atom. The van der Waals surface area contributed by atoms with E-state index in [9.17, 15) is 4.79 Å². The Labute approximate surface area is 138 Å². The topological polar surface area (TPSA) is 35.5 Å². The molecule has 0 heterocycles. The molecule has 2 rings (SSSR count). The summed E-state index contributed by atoms with van der Waals surface area (Å²) < 4.78 is 11.9. The fraction of sp³-hybridized carbons (Fsp3) is 0.450. The number of hydrogen-bond acceptors (Lipinski definition) is 3. The highest BCUT2D eigenvalue weighted by Crippen LogP contribution is 2.37. The number of ketones is 1. The number of carbonyl (C=O) groups is 1. The number of Topliss-reactive ketones (excluding diaryl/α,β-unsaturated/α-hetero) is 1. The Hall–Kier alpha value is -2.03. The molecule has 0 aromatic heterocycles. The zero-order valence-electron chi connectivity index (χ0n) is 14.4. The van der Waals surface area contributed by atoms with Gasteiger partial charge in [-0.1, -0.05) is 51.0 Å². The van der Waals surface area contributed by atoms with Crippen molar-refractivity contribution in [1.82, 2.24) is 0 Å². The Morgan fingerprint density at radius 1 is 1.00 bits per heavy atom. The van der Waals surface area contributed by atoms with E-state index in [1.807, 2.05) is 30.3 Å². The van der Waals surface area contributed by atoms with Crippen molar-refractivity contribution in [3.05, 3.63) is 35.9 Å². The highest BCUT2D eigenvalue weighted by atomic mass is 16.5. The summed E-state index contributed by atoms with van der Waals surface area (Å²) in [7, 11) is 0. The summed E-state index contributed by atoms with van der Waals surface area (Å²) in [6.07, 6.45) is 4.05. The summed E-state index contributed by atoms with van der Waals surface area (Å²) in [6, 6.07) is 9.93. The minimum Gasteiger partial charge on any atom is -0.493 e. The normalized spacial score (nSPS) is 10.7. The molecule has 0 atom stereocenters. The minimum absolute atomic E-state index is 0.0197. The van der Waals surface area contributed by atoms with Crippen LogP contribution >= 0.6 is 0 Å². The van der Waals surface area contributed by atoms with Crippen LogP contribution in [0.4, 0.5) is 0 Å². The van der Waals surface area contributed by atoms with Crippen molar-refractivity contribution in [2.75, 3.05) is 13.2 Å². The van der Waals surface area contributed by atoms with Crippen molar-refractivity contribution in [3.63, 3.8) is 0 Å². The largest absolute Gasteiger partial charge is 0.493 e. The van der Waals surface area contributed by atoms with Crippen molar-refractivity contribution in [2.24, 2.45) is 0 Å². The molecule has 2 aromatic carbocycles. The first-order valence-electron chi connectivity index (χ1n) is 8.51. The first kappa shape index (κ1) is 17.3. The third-order valence-electron chi connectivity index (χ3n) is 3.82. The van der Waals surface area contributed by atoms with Crippen LogP contribution in [-0.2, 0) is 0 Å². The Morgan fingerprint density at radius 2 is 1.65 bits per heavy atom. The van der Waals surface area contributed by atoms with Gasteiger partial charge in [-0.05, 0) is 31.2 Å². The number of rotatable bonds is 9. The van der Waals surface area contributed by atoms with Crippen LogP contribution in [0.2, 0.25) is 0 Å². The summed E-state index contributed by atoms with van der Waals surface area (Å²) in [4.78, 5) is 12.2. The lowest BCUT2D eigenvalue weighted by Crippen LogP contribution is -2.08. The van der Waals surface area contributed by atoms with Gasteiger partial charge in [-0.2, -0.15) is 0 Å². The van der Waals surface area contributed by atoms with E-state index in [-0.39, 0.29) is 5.78 Å². The van der Waals surface area contributed by atoms with E-state index in [1.165, 1.54) is 0 Å². The van der Waals surface area contributed by atoms with E-state index in [4.69, 9.17) is 9.47 Å². The molecule has 0 spiro atoms. The Bertz CT molecular complexity index is 661. The predicted molar refractivity (Wildman–Crippen MR) is 94.8 cm³/mol. The lowest BCUT2D eigenvalue weighted by molar-refractivity contribution is 0.101. The molecule has 0 aliphatic rings. The smallest absolute Gasteiger partial charge is 0.167 e. The molecule has 124 valence electrons. The number of fused-ring (bicyclic) bond motifs is 1. The number of hydrogen-bond donors (Lipinski definition) is 0. The average Bonchev–Trinajstić information content (AvgIpc) is 2.54. The van der Waals surface area contributed by atoms with Crippen LogP contribution in [0.1, 0.15) is 56.8 Å². The standard InChI is InChI=1S/C20H26O3/c1-4-6-12-22-18-14-16-10-8-9-11-17(16)20(19(18)15(3)21)23-13-7-5-2/h8-11,14H,4-7,12-13H2,1-3H3. The molecular weight excluding hydrogens is 288 g/mol. The van der Waals surface area contributed by atoms with Crippen LogP contribution in [0.25, 0.3) is 10.8 Å². The summed E-state index contributed by atoms with van der Waals surface area (Å²) >= 11 is 0. The highest BCUT2D eigenvalue weighted by Gasteiger charge is 2.19. The number of ether oxygens (including phenoxy) is 2. The first-order chi connectivity index (χ1) is 11.2. The van der Waals surface area contributed by atoms with Crippen molar-refractivity contribution in [1.29, 1.82) is 0 Å². The molecule has 0 saturated heterocycles. The van der Waals surface area contributed by atoms with E-state index in [0.717, 1.165) is 36.5 Å². The maximum atomic E-state index is 12.2. The molecule has 0 amide bonds. The average molecular weight is 314 g/mol. The van der Waals surface area contributed by atoms with Gasteiger partial charge in [0.25, 0.3) is 0 Å². The molecule has 0 aliphatic carbocycles. The molecule has 0 fully saturated rings. The van der Waals surface area contributed by atoms with Crippen LogP contribution in [0, 0.1) is 0 Å². The molecule has 0 aliphatic heterocycles. The number of carbonyl (C=O) groups excluding carboxylic acids is 1. The third kappa shape index (κ3) is 4.25. The summed E-state index contributed by atoms with van der Waals surface area (Å²) in [5.74, 6) is 1.28. The highest BCUT2D eigenvalue weighted by molar-refractivity contribution is 6.06. The third-order valence-corrected chi connectivity index (χ3v) is 3.82. The molecule has 0 N–H and O–H groups in total. The van der Waals surface area contributed by atoms with Gasteiger partial charge in [-0.15, -0.1) is 0 Å². The van der Waals surface area contributed by atoms with Gasteiger partial charge in [-0.3, -0.25) is 4.79 Å². The van der Waals surface area contributed by atoms with Crippen LogP contribution < -0.4 is 9.47 Å². The van der Waals surface area contributed by atoms with E-state index in [2.05, 4.69) is 13.8 Å². The van der Waals surface area contributed by atoms with Crippen molar-refractivity contribution >= 4 is 16.6 Å². The van der Waals surface area contributed by atoms with Crippen molar-refractivity contribution < 1.29 is 14.3 Å². The van der Waals surface area contributed by atoms with Gasteiger partial charge in [0.15, 0.2) is 5.78 Å². The van der Waals surface area contributed by atoms with Gasteiger partial charge < -0.3 is 9.47 Å². The Kier molecular flexibility index (Phi) is 6.45. The van der Waals surface area contributed by atoms with Gasteiger partial charge in [0, 0.05) is 5.39 Å². The van der Waals surface area contributed by atoms with E-state index < -0.39 is 0 Å². The lowest BCUT2D eigenvalue weighted by atomic mass is 10.0. The quantitative estimate of drug-likeness (QED) is 0.459. The maximum absolute atomic E-state index is 12.2. The minimum atomic E-state index is -0.0197. The Balaban J connectivity index is 2.50. The molecule has 3 heteroatoms. The monoisotopic (exact) mass is 314 g/mol. The van der Waals surface area contributed by atoms with Crippen LogP contribution in [-0.4, -0.2) is 19.0 Å². The summed E-state index contributed by atoms with van der Waals surface area (Å²) in [5, 5.41) is 2.01. The second-order valence-corrected chi connectivity index (χ2v) is 5.76. The predicted octanol–water partition coefficient (Wildman–Crippen LogP) is 5.40. The molecule has 3 nitrogen and oxygen atoms in total. The first-order valence-corrected chi connectivity index (χ1v) is 8.51. The van der Waals surface area contributed by atoms with Crippen LogP contribution in [0.5, 0.6) is 11.5 Å². The number of unbranched alkanes of at least 4 members (excludes halogenated alkanes) is 2. The zero-order chi connectivity index (χ0) is 16.7. The van der Waals surface area contributed by atoms with Gasteiger partial charge in [-0.25, -0.2) is 0 Å². The molecule has 2 aromatic rings. The van der Waals surface area contributed by atoms with Gasteiger partial charge in [0.1, 0.15) is 17.1 Å². The second-order valence-electron chi connectivity index (χ2n) is 5.76. The van der Waals surface area contributed by atoms with Gasteiger partial charge in [0.05, 0.1) is 13.2 Å². The molecular formula is C20H26O3. The summed E-state index contributed by atoms with van der Waals surface area (Å²) in [6.45, 7) is 7.04. The van der Waals surface area contributed by atoms with Crippen molar-refractivity contribution in [3.8, 4) is 11.5 Å². The van der Waals surface area contributed by atoms with E-state index in [1.54, 1.807) is 6.92 Å². The van der Waals surface area contributed by atoms with E-state index >= 15 is 0 Å². The van der Waals surface area contributed by atoms with Crippen LogP contribution in [0.3, 0.4) is 0 Å². The zero-order valence-corrected chi connectivity index (χ0v) is 14.4. The second kappa shape index (κ2) is 8.56. The van der Waals surface area contributed by atoms with Crippen LogP contribution in [0.15, 0.2) is 30.3 Å². The van der Waals surface area contributed by atoms with Gasteiger partial charge in [0.2, 0.25) is 0 Å². The number of benzene rings is 2. The molecule has 0 unspecified atom stereocenters. The molecule has 23 heavy (non-hydrogen) atoms. The lowest BCUT2D eigenvalue weighted by Gasteiger charge is -2.17. The van der Waals surface area contributed by atoms with Crippen molar-refractivity contribution in [2.45, 2.75) is 46.5 Å². The fourth-order valence-electron chi connectivity index (χ4n) is 2.53.